The molecule has 1 aromatic rings. The number of rotatable bonds is 4. The van der Waals surface area contributed by atoms with Crippen molar-refractivity contribution in [3.05, 3.63) is 39.4 Å². The second kappa shape index (κ2) is 6.00. The maximum atomic E-state index is 11.9. The van der Waals surface area contributed by atoms with Crippen LogP contribution in [0.1, 0.15) is 38.0 Å². The van der Waals surface area contributed by atoms with Crippen LogP contribution < -0.4 is 0 Å². The normalized spacial score (nSPS) is 12.8. The predicted molar refractivity (Wildman–Crippen MR) is 73.4 cm³/mol. The van der Waals surface area contributed by atoms with E-state index in [4.69, 9.17) is 9.47 Å². The number of nitro groups is 1. The number of hydrogen-bond acceptors (Lipinski definition) is 5. The Kier molecular flexibility index (Phi) is 4.83. The fraction of sp³-hybridized carbons (Fsp3) is 0.500. The van der Waals surface area contributed by atoms with Crippen molar-refractivity contribution in [2.24, 2.45) is 0 Å². The van der Waals surface area contributed by atoms with E-state index in [1.165, 1.54) is 19.2 Å². The maximum Gasteiger partial charge on any atom is 0.339 e. The van der Waals surface area contributed by atoms with E-state index >= 15 is 0 Å². The SMILES string of the molecule is COC(=O)C(OC(C)(C)C)c1cccc([N+](=O)[O-])c1C. The number of esters is 1. The van der Waals surface area contributed by atoms with Crippen LogP contribution >= 0.6 is 0 Å². The fourth-order valence-corrected chi connectivity index (χ4v) is 1.82. The van der Waals surface area contributed by atoms with E-state index in [1.807, 2.05) is 0 Å². The lowest BCUT2D eigenvalue weighted by Crippen LogP contribution is -2.28. The minimum atomic E-state index is -0.986. The second-order valence-corrected chi connectivity index (χ2v) is 5.38. The molecule has 0 amide bonds. The summed E-state index contributed by atoms with van der Waals surface area (Å²) >= 11 is 0. The van der Waals surface area contributed by atoms with Crippen LogP contribution in [0.4, 0.5) is 5.69 Å². The van der Waals surface area contributed by atoms with E-state index in [2.05, 4.69) is 0 Å². The number of nitro benzene ring substituents is 1. The lowest BCUT2D eigenvalue weighted by molar-refractivity contribution is -0.385. The number of methoxy groups -OCH3 is 1. The molecule has 1 atom stereocenters. The average Bonchev–Trinajstić information content (AvgIpc) is 2.34. The van der Waals surface area contributed by atoms with Crippen molar-refractivity contribution < 1.29 is 19.2 Å². The molecule has 0 aliphatic rings. The lowest BCUT2D eigenvalue weighted by atomic mass is 10.0. The van der Waals surface area contributed by atoms with Crippen LogP contribution in [0.15, 0.2) is 18.2 Å². The minimum Gasteiger partial charge on any atom is -0.467 e. The Morgan fingerprint density at radius 1 is 1.35 bits per heavy atom. The molecule has 0 saturated carbocycles. The maximum absolute atomic E-state index is 11.9. The zero-order valence-electron chi connectivity index (χ0n) is 12.3. The first-order chi connectivity index (χ1) is 9.17. The Morgan fingerprint density at radius 3 is 2.40 bits per heavy atom. The molecule has 0 radical (unpaired) electrons. The quantitative estimate of drug-likeness (QED) is 0.481. The summed E-state index contributed by atoms with van der Waals surface area (Å²) in [4.78, 5) is 22.4. The zero-order chi connectivity index (χ0) is 15.5. The van der Waals surface area contributed by atoms with Gasteiger partial charge in [0.1, 0.15) is 0 Å². The van der Waals surface area contributed by atoms with Gasteiger partial charge in [-0.2, -0.15) is 0 Å². The van der Waals surface area contributed by atoms with Crippen LogP contribution in [-0.4, -0.2) is 23.6 Å². The predicted octanol–water partition coefficient (Wildman–Crippen LogP) is 2.93. The first kappa shape index (κ1) is 16.1. The van der Waals surface area contributed by atoms with Crippen LogP contribution in [0.2, 0.25) is 0 Å². The van der Waals surface area contributed by atoms with Gasteiger partial charge in [0, 0.05) is 17.2 Å². The van der Waals surface area contributed by atoms with Gasteiger partial charge in [-0.25, -0.2) is 4.79 Å². The van der Waals surface area contributed by atoms with Gasteiger partial charge >= 0.3 is 5.97 Å². The van der Waals surface area contributed by atoms with Crippen molar-refractivity contribution in [3.8, 4) is 0 Å². The Hall–Kier alpha value is -1.95. The number of benzene rings is 1. The number of ether oxygens (including phenoxy) is 2. The summed E-state index contributed by atoms with van der Waals surface area (Å²) in [5, 5.41) is 11.0. The minimum absolute atomic E-state index is 0.0473. The highest BCUT2D eigenvalue weighted by Gasteiger charge is 2.31. The summed E-state index contributed by atoms with van der Waals surface area (Å²) in [7, 11) is 1.26. The van der Waals surface area contributed by atoms with Gasteiger partial charge < -0.3 is 9.47 Å². The highest BCUT2D eigenvalue weighted by molar-refractivity contribution is 5.77. The summed E-state index contributed by atoms with van der Waals surface area (Å²) in [6.07, 6.45) is -0.986. The molecule has 6 nitrogen and oxygen atoms in total. The third kappa shape index (κ3) is 3.77. The van der Waals surface area contributed by atoms with Crippen LogP contribution in [-0.2, 0) is 14.3 Å². The molecule has 0 aromatic heterocycles. The van der Waals surface area contributed by atoms with Crippen molar-refractivity contribution >= 4 is 11.7 Å². The molecule has 0 bridgehead atoms. The van der Waals surface area contributed by atoms with Gasteiger partial charge in [-0.1, -0.05) is 12.1 Å². The van der Waals surface area contributed by atoms with Gasteiger partial charge in [0.05, 0.1) is 17.6 Å². The molecule has 0 spiro atoms. The number of carbonyl (C=O) groups is 1. The molecule has 0 heterocycles. The average molecular weight is 281 g/mol. The molecule has 0 saturated heterocycles. The van der Waals surface area contributed by atoms with Crippen molar-refractivity contribution in [2.75, 3.05) is 7.11 Å². The fourth-order valence-electron chi connectivity index (χ4n) is 1.82. The van der Waals surface area contributed by atoms with Gasteiger partial charge in [-0.3, -0.25) is 10.1 Å². The van der Waals surface area contributed by atoms with Crippen molar-refractivity contribution in [2.45, 2.75) is 39.4 Å². The third-order valence-corrected chi connectivity index (χ3v) is 2.71. The number of carbonyl (C=O) groups excluding carboxylic acids is 1. The van der Waals surface area contributed by atoms with Crippen LogP contribution in [0.5, 0.6) is 0 Å². The van der Waals surface area contributed by atoms with Crippen LogP contribution in [0, 0.1) is 17.0 Å². The van der Waals surface area contributed by atoms with Crippen molar-refractivity contribution in [3.63, 3.8) is 0 Å². The Morgan fingerprint density at radius 2 is 1.95 bits per heavy atom. The van der Waals surface area contributed by atoms with Gasteiger partial charge in [0.2, 0.25) is 0 Å². The topological polar surface area (TPSA) is 78.7 Å². The van der Waals surface area contributed by atoms with Crippen molar-refractivity contribution in [1.29, 1.82) is 0 Å². The Bertz CT molecular complexity index is 519. The van der Waals surface area contributed by atoms with Gasteiger partial charge in [-0.05, 0) is 27.7 Å². The van der Waals surface area contributed by atoms with Crippen LogP contribution in [0.3, 0.4) is 0 Å². The lowest BCUT2D eigenvalue weighted by Gasteiger charge is -2.26. The van der Waals surface area contributed by atoms with E-state index < -0.39 is 22.6 Å². The van der Waals surface area contributed by atoms with E-state index in [9.17, 15) is 14.9 Å². The summed E-state index contributed by atoms with van der Waals surface area (Å²) < 4.78 is 10.4. The molecule has 0 aliphatic heterocycles. The van der Waals surface area contributed by atoms with Crippen molar-refractivity contribution in [1.82, 2.24) is 0 Å². The molecule has 0 aliphatic carbocycles. The summed E-state index contributed by atoms with van der Waals surface area (Å²) in [5.41, 5.74) is 0.211. The number of nitrogens with zero attached hydrogens (tertiary/aromatic N) is 1. The summed E-state index contributed by atoms with van der Waals surface area (Å²) in [5.74, 6) is -0.580. The van der Waals surface area contributed by atoms with E-state index in [-0.39, 0.29) is 5.69 Å². The van der Waals surface area contributed by atoms with Gasteiger partial charge in [0.15, 0.2) is 6.10 Å². The van der Waals surface area contributed by atoms with E-state index in [1.54, 1.807) is 33.8 Å². The molecule has 1 aromatic carbocycles. The zero-order valence-corrected chi connectivity index (χ0v) is 12.3. The molecular weight excluding hydrogens is 262 g/mol. The van der Waals surface area contributed by atoms with Gasteiger partial charge in [0.25, 0.3) is 5.69 Å². The van der Waals surface area contributed by atoms with E-state index in [0.717, 1.165) is 0 Å². The summed E-state index contributed by atoms with van der Waals surface area (Å²) in [6.45, 7) is 7.00. The first-order valence-electron chi connectivity index (χ1n) is 6.17. The molecule has 110 valence electrons. The van der Waals surface area contributed by atoms with Crippen LogP contribution in [0.25, 0.3) is 0 Å². The largest absolute Gasteiger partial charge is 0.467 e. The highest BCUT2D eigenvalue weighted by Crippen LogP contribution is 2.31. The van der Waals surface area contributed by atoms with Gasteiger partial charge in [-0.15, -0.1) is 0 Å². The molecule has 1 rings (SSSR count). The molecule has 0 fully saturated rings. The molecule has 20 heavy (non-hydrogen) atoms. The monoisotopic (exact) mass is 281 g/mol. The molecule has 6 heteroatoms. The Balaban J connectivity index is 3.31. The highest BCUT2D eigenvalue weighted by atomic mass is 16.6. The summed E-state index contributed by atoms with van der Waals surface area (Å²) in [6, 6.07) is 4.56. The third-order valence-electron chi connectivity index (χ3n) is 2.71. The smallest absolute Gasteiger partial charge is 0.339 e. The standard InChI is InChI=1S/C14H19NO5/c1-9-10(7-6-8-11(9)15(17)18)12(13(16)19-5)20-14(2,3)4/h6-8,12H,1-5H3. The molecule has 0 N–H and O–H groups in total. The first-order valence-corrected chi connectivity index (χ1v) is 6.17. The number of hydrogen-bond donors (Lipinski definition) is 0. The van der Waals surface area contributed by atoms with E-state index in [0.29, 0.717) is 11.1 Å². The second-order valence-electron chi connectivity index (χ2n) is 5.38. The molecular formula is C14H19NO5. The molecule has 1 unspecified atom stereocenters. The Labute approximate surface area is 117 Å².